The van der Waals surface area contributed by atoms with E-state index in [1.165, 1.54) is 12.1 Å². The second-order valence-corrected chi connectivity index (χ2v) is 5.46. The van der Waals surface area contributed by atoms with E-state index in [9.17, 15) is 26.4 Å². The Kier molecular flexibility index (Phi) is 3.24. The van der Waals surface area contributed by atoms with Crippen LogP contribution in [0.5, 0.6) is 5.75 Å². The van der Waals surface area contributed by atoms with Gasteiger partial charge in [-0.3, -0.25) is 0 Å². The van der Waals surface area contributed by atoms with Crippen LogP contribution in [0.15, 0.2) is 33.5 Å². The molecular weight excluding hydrogens is 301 g/mol. The zero-order valence-electron chi connectivity index (χ0n) is 9.89. The van der Waals surface area contributed by atoms with E-state index in [0.717, 1.165) is 11.6 Å². The van der Waals surface area contributed by atoms with Crippen molar-refractivity contribution in [3.05, 3.63) is 40.2 Å². The second kappa shape index (κ2) is 4.51. The van der Waals surface area contributed by atoms with Gasteiger partial charge in [-0.15, -0.1) is 0 Å². The Morgan fingerprint density at radius 2 is 1.85 bits per heavy atom. The summed E-state index contributed by atoms with van der Waals surface area (Å²) in [6, 6.07) is 5.45. The van der Waals surface area contributed by atoms with Crippen LogP contribution in [-0.2, 0) is 10.1 Å². The first kappa shape index (κ1) is 14.4. The van der Waals surface area contributed by atoms with Gasteiger partial charge < -0.3 is 8.60 Å². The summed E-state index contributed by atoms with van der Waals surface area (Å²) >= 11 is 0. The van der Waals surface area contributed by atoms with Gasteiger partial charge in [0.1, 0.15) is 5.58 Å². The quantitative estimate of drug-likeness (QED) is 0.483. The van der Waals surface area contributed by atoms with Gasteiger partial charge in [-0.25, -0.2) is 4.79 Å². The van der Waals surface area contributed by atoms with Crippen molar-refractivity contribution in [3.8, 4) is 5.75 Å². The van der Waals surface area contributed by atoms with Gasteiger partial charge in [0, 0.05) is 11.5 Å². The molecule has 0 fully saturated rings. The van der Waals surface area contributed by atoms with Crippen molar-refractivity contribution in [1.29, 1.82) is 0 Å². The molecule has 1 aromatic heterocycles. The lowest BCUT2D eigenvalue weighted by molar-refractivity contribution is -0.0500. The zero-order chi connectivity index (χ0) is 15.1. The van der Waals surface area contributed by atoms with E-state index in [1.807, 2.05) is 0 Å². The Hall–Kier alpha value is -2.03. The first-order valence-electron chi connectivity index (χ1n) is 5.15. The third kappa shape index (κ3) is 2.62. The number of hydrogen-bond donors (Lipinski definition) is 0. The fraction of sp³-hybridized carbons (Fsp3) is 0.182. The summed E-state index contributed by atoms with van der Waals surface area (Å²) in [5.41, 5.74) is -6.08. The van der Waals surface area contributed by atoms with Gasteiger partial charge in [0.2, 0.25) is 5.75 Å². The van der Waals surface area contributed by atoms with Crippen molar-refractivity contribution in [2.24, 2.45) is 0 Å². The molecule has 0 spiro atoms. The normalized spacial score (nSPS) is 12.6. The van der Waals surface area contributed by atoms with Crippen LogP contribution in [0.4, 0.5) is 13.2 Å². The lowest BCUT2D eigenvalue weighted by Gasteiger charge is -2.08. The molecule has 9 heteroatoms. The first-order valence-corrected chi connectivity index (χ1v) is 6.56. The van der Waals surface area contributed by atoms with E-state index in [4.69, 9.17) is 4.42 Å². The molecule has 2 aromatic rings. The van der Waals surface area contributed by atoms with Gasteiger partial charge in [-0.1, -0.05) is 11.6 Å². The highest BCUT2D eigenvalue weighted by molar-refractivity contribution is 7.87. The van der Waals surface area contributed by atoms with Gasteiger partial charge in [-0.05, 0) is 19.1 Å². The molecule has 0 N–H and O–H groups in total. The predicted octanol–water partition coefficient (Wildman–Crippen LogP) is 2.33. The second-order valence-electron chi connectivity index (χ2n) is 3.92. The monoisotopic (exact) mass is 308 g/mol. The number of aryl methyl sites for hydroxylation is 1. The summed E-state index contributed by atoms with van der Waals surface area (Å²) in [5, 5.41) is 0.247. The van der Waals surface area contributed by atoms with Crippen molar-refractivity contribution >= 4 is 21.1 Å². The van der Waals surface area contributed by atoms with Crippen LogP contribution < -0.4 is 9.81 Å². The minimum absolute atomic E-state index is 0.109. The maximum absolute atomic E-state index is 12.2. The Labute approximate surface area is 110 Å². The summed E-state index contributed by atoms with van der Waals surface area (Å²) in [7, 11) is -5.91. The highest BCUT2D eigenvalue weighted by Crippen LogP contribution is 2.27. The summed E-state index contributed by atoms with van der Waals surface area (Å²) < 4.78 is 66.7. The van der Waals surface area contributed by atoms with Gasteiger partial charge in [0.05, 0.1) is 0 Å². The lowest BCUT2D eigenvalue weighted by Crippen LogP contribution is -2.29. The van der Waals surface area contributed by atoms with Crippen molar-refractivity contribution in [3.63, 3.8) is 0 Å². The maximum atomic E-state index is 12.2. The van der Waals surface area contributed by atoms with Crippen molar-refractivity contribution < 1.29 is 30.2 Å². The average molecular weight is 308 g/mol. The molecule has 0 radical (unpaired) electrons. The van der Waals surface area contributed by atoms with E-state index in [2.05, 4.69) is 4.18 Å². The maximum Gasteiger partial charge on any atom is 0.534 e. The molecule has 1 aromatic carbocycles. The number of rotatable bonds is 2. The van der Waals surface area contributed by atoms with Crippen molar-refractivity contribution in [2.45, 2.75) is 12.4 Å². The van der Waals surface area contributed by atoms with Crippen LogP contribution in [0.2, 0.25) is 0 Å². The summed E-state index contributed by atoms with van der Waals surface area (Å²) in [5.74, 6) is -1.04. The number of fused-ring (bicyclic) bond motifs is 1. The summed E-state index contributed by atoms with van der Waals surface area (Å²) in [6.07, 6.45) is 0. The van der Waals surface area contributed by atoms with Crippen LogP contribution in [-0.4, -0.2) is 13.9 Å². The molecular formula is C11H7F3O5S. The van der Waals surface area contributed by atoms with Crippen LogP contribution in [0.3, 0.4) is 0 Å². The van der Waals surface area contributed by atoms with Gasteiger partial charge in [0.15, 0.2) is 0 Å². The first-order chi connectivity index (χ1) is 9.10. The Morgan fingerprint density at radius 3 is 2.45 bits per heavy atom. The third-order valence-corrected chi connectivity index (χ3v) is 3.30. The molecule has 0 atom stereocenters. The smallest absolute Gasteiger partial charge is 0.420 e. The fourth-order valence-electron chi connectivity index (χ4n) is 1.45. The zero-order valence-corrected chi connectivity index (χ0v) is 10.7. The molecule has 0 amide bonds. The molecule has 1 heterocycles. The standard InChI is InChI=1S/C11H7F3O5S/c1-6-2-3-8-7(4-6)5-9(10(15)18-8)19-20(16,17)11(12,13)14/h2-5H,1H3. The molecule has 0 aliphatic heterocycles. The summed E-state index contributed by atoms with van der Waals surface area (Å²) in [6.45, 7) is 1.71. The van der Waals surface area contributed by atoms with Crippen LogP contribution >= 0.6 is 0 Å². The van der Waals surface area contributed by atoms with Crippen LogP contribution in [0, 0.1) is 6.92 Å². The third-order valence-electron chi connectivity index (χ3n) is 2.34. The molecule has 0 saturated carbocycles. The van der Waals surface area contributed by atoms with Gasteiger partial charge >= 0.3 is 21.3 Å². The lowest BCUT2D eigenvalue weighted by atomic mass is 10.1. The Bertz CT molecular complexity index is 820. The number of alkyl halides is 3. The molecule has 0 aliphatic rings. The molecule has 0 bridgehead atoms. The molecule has 0 unspecified atom stereocenters. The SMILES string of the molecule is Cc1ccc2oc(=O)c(OS(=O)(=O)C(F)(F)F)cc2c1. The fourth-order valence-corrected chi connectivity index (χ4v) is 1.89. The molecule has 20 heavy (non-hydrogen) atoms. The topological polar surface area (TPSA) is 73.6 Å². The highest BCUT2D eigenvalue weighted by Gasteiger charge is 2.49. The molecule has 0 saturated heterocycles. The average Bonchev–Trinajstić information content (AvgIpc) is 2.29. The Morgan fingerprint density at radius 1 is 1.20 bits per heavy atom. The van der Waals surface area contributed by atoms with Gasteiger partial charge in [0.25, 0.3) is 0 Å². The largest absolute Gasteiger partial charge is 0.534 e. The van der Waals surface area contributed by atoms with E-state index < -0.39 is 27.0 Å². The minimum atomic E-state index is -5.91. The van der Waals surface area contributed by atoms with Crippen LogP contribution in [0.1, 0.15) is 5.56 Å². The van der Waals surface area contributed by atoms with Gasteiger partial charge in [-0.2, -0.15) is 21.6 Å². The van der Waals surface area contributed by atoms with Crippen molar-refractivity contribution in [2.75, 3.05) is 0 Å². The molecule has 5 nitrogen and oxygen atoms in total. The summed E-state index contributed by atoms with van der Waals surface area (Å²) in [4.78, 5) is 11.4. The van der Waals surface area contributed by atoms with Crippen LogP contribution in [0.25, 0.3) is 11.0 Å². The van der Waals surface area contributed by atoms with Crippen molar-refractivity contribution in [1.82, 2.24) is 0 Å². The van der Waals surface area contributed by atoms with E-state index in [-0.39, 0.29) is 11.0 Å². The van der Waals surface area contributed by atoms with E-state index in [1.54, 1.807) is 13.0 Å². The van der Waals surface area contributed by atoms with E-state index in [0.29, 0.717) is 0 Å². The number of benzene rings is 1. The minimum Gasteiger partial charge on any atom is -0.420 e. The Balaban J connectivity index is 2.56. The highest BCUT2D eigenvalue weighted by atomic mass is 32.2. The predicted molar refractivity (Wildman–Crippen MR) is 62.8 cm³/mol. The van der Waals surface area contributed by atoms with E-state index >= 15 is 0 Å². The number of hydrogen-bond acceptors (Lipinski definition) is 5. The molecule has 0 aliphatic carbocycles. The number of halogens is 3. The molecule has 2 rings (SSSR count). The molecule has 108 valence electrons.